The van der Waals surface area contributed by atoms with Gasteiger partial charge in [0.2, 0.25) is 0 Å². The third-order valence-electron chi connectivity index (χ3n) is 9.43. The Labute approximate surface area is 158 Å². The van der Waals surface area contributed by atoms with Gasteiger partial charge >= 0.3 is 5.97 Å². The monoisotopic (exact) mass is 360 g/mol. The molecule has 4 aliphatic rings. The van der Waals surface area contributed by atoms with Crippen molar-refractivity contribution in [3.63, 3.8) is 0 Å². The van der Waals surface area contributed by atoms with Crippen LogP contribution in [-0.2, 0) is 14.3 Å². The molecule has 0 aromatic carbocycles. The van der Waals surface area contributed by atoms with Gasteiger partial charge in [0, 0.05) is 24.7 Å². The van der Waals surface area contributed by atoms with Gasteiger partial charge in [0.15, 0.2) is 0 Å². The van der Waals surface area contributed by atoms with Crippen molar-refractivity contribution in [1.29, 1.82) is 0 Å². The number of ether oxygens (including phenoxy) is 1. The molecular formula is C23H36O3. The zero-order valence-corrected chi connectivity index (χ0v) is 17.1. The van der Waals surface area contributed by atoms with Gasteiger partial charge in [0.05, 0.1) is 0 Å². The van der Waals surface area contributed by atoms with E-state index >= 15 is 0 Å². The summed E-state index contributed by atoms with van der Waals surface area (Å²) < 4.78 is 5.55. The van der Waals surface area contributed by atoms with Crippen LogP contribution in [0.2, 0.25) is 0 Å². The molecule has 0 radical (unpaired) electrons. The molecule has 0 aliphatic heterocycles. The molecule has 0 heterocycles. The van der Waals surface area contributed by atoms with Crippen molar-refractivity contribution in [3.05, 3.63) is 0 Å². The SMILES string of the molecule is CC(=O)OC(C)C1CCC2C3CCC4CCCCC4(C)C3CC(=O)C12C. The van der Waals surface area contributed by atoms with Crippen molar-refractivity contribution in [3.8, 4) is 0 Å². The van der Waals surface area contributed by atoms with Gasteiger partial charge in [-0.3, -0.25) is 9.59 Å². The predicted molar refractivity (Wildman–Crippen MR) is 101 cm³/mol. The number of hydrogen-bond acceptors (Lipinski definition) is 3. The van der Waals surface area contributed by atoms with Crippen LogP contribution in [0.3, 0.4) is 0 Å². The summed E-state index contributed by atoms with van der Waals surface area (Å²) in [6.45, 7) is 8.20. The molecule has 0 N–H and O–H groups in total. The molecule has 3 nitrogen and oxygen atoms in total. The van der Waals surface area contributed by atoms with Crippen molar-refractivity contribution < 1.29 is 14.3 Å². The second-order valence-corrected chi connectivity index (χ2v) is 10.3. The topological polar surface area (TPSA) is 43.4 Å². The van der Waals surface area contributed by atoms with E-state index < -0.39 is 0 Å². The molecule has 4 rings (SSSR count). The number of esters is 1. The summed E-state index contributed by atoms with van der Waals surface area (Å²) in [6, 6.07) is 0. The predicted octanol–water partition coefficient (Wildman–Crippen LogP) is 5.17. The van der Waals surface area contributed by atoms with Gasteiger partial charge in [-0.15, -0.1) is 0 Å². The Balaban J connectivity index is 1.63. The molecule has 3 heteroatoms. The molecule has 0 spiro atoms. The van der Waals surface area contributed by atoms with Gasteiger partial charge in [-0.2, -0.15) is 0 Å². The molecular weight excluding hydrogens is 324 g/mol. The van der Waals surface area contributed by atoms with E-state index in [4.69, 9.17) is 4.74 Å². The summed E-state index contributed by atoms with van der Waals surface area (Å²) >= 11 is 0. The second kappa shape index (κ2) is 6.34. The molecule has 26 heavy (non-hydrogen) atoms. The average molecular weight is 361 g/mol. The summed E-state index contributed by atoms with van der Waals surface area (Å²) in [5.74, 6) is 3.07. The first-order valence-corrected chi connectivity index (χ1v) is 11.0. The fourth-order valence-corrected chi connectivity index (χ4v) is 8.13. The Morgan fingerprint density at radius 1 is 1.08 bits per heavy atom. The number of carbonyl (C=O) groups is 2. The molecule has 4 fully saturated rings. The Morgan fingerprint density at radius 2 is 1.85 bits per heavy atom. The number of rotatable bonds is 2. The van der Waals surface area contributed by atoms with E-state index in [0.29, 0.717) is 29.0 Å². The summed E-state index contributed by atoms with van der Waals surface area (Å²) in [4.78, 5) is 25.0. The van der Waals surface area contributed by atoms with E-state index in [9.17, 15) is 9.59 Å². The van der Waals surface area contributed by atoms with Crippen LogP contribution in [-0.4, -0.2) is 17.9 Å². The normalized spacial score (nSPS) is 48.9. The van der Waals surface area contributed by atoms with Crippen LogP contribution in [0, 0.1) is 40.4 Å². The summed E-state index contributed by atoms with van der Waals surface area (Å²) in [6.07, 6.45) is 10.9. The lowest BCUT2D eigenvalue weighted by molar-refractivity contribution is -0.165. The van der Waals surface area contributed by atoms with Gasteiger partial charge in [-0.25, -0.2) is 0 Å². The van der Waals surface area contributed by atoms with Crippen LogP contribution in [0.25, 0.3) is 0 Å². The van der Waals surface area contributed by atoms with Gasteiger partial charge < -0.3 is 4.74 Å². The number of fused-ring (bicyclic) bond motifs is 5. The molecule has 0 bridgehead atoms. The average Bonchev–Trinajstić information content (AvgIpc) is 2.94. The third-order valence-corrected chi connectivity index (χ3v) is 9.43. The maximum absolute atomic E-state index is 13.5. The lowest BCUT2D eigenvalue weighted by atomic mass is 9.44. The fourth-order valence-electron chi connectivity index (χ4n) is 8.13. The largest absolute Gasteiger partial charge is 0.463 e. The smallest absolute Gasteiger partial charge is 0.302 e. The first-order chi connectivity index (χ1) is 12.3. The minimum Gasteiger partial charge on any atom is -0.463 e. The highest BCUT2D eigenvalue weighted by atomic mass is 16.5. The van der Waals surface area contributed by atoms with E-state index in [1.54, 1.807) is 0 Å². The highest BCUT2D eigenvalue weighted by molar-refractivity contribution is 5.87. The Kier molecular flexibility index (Phi) is 4.51. The molecule has 0 saturated heterocycles. The number of hydrogen-bond donors (Lipinski definition) is 0. The highest BCUT2D eigenvalue weighted by Gasteiger charge is 2.64. The zero-order chi connectivity index (χ0) is 18.7. The van der Waals surface area contributed by atoms with Crippen LogP contribution in [0.1, 0.15) is 85.5 Å². The number of ketones is 1. The van der Waals surface area contributed by atoms with Crippen LogP contribution in [0.15, 0.2) is 0 Å². The standard InChI is InChI=1S/C23H36O3/c1-14(26-15(2)24)18-10-11-19-17-9-8-16-7-5-6-12-22(16,3)20(17)13-21(25)23(18,19)4/h14,16-20H,5-13H2,1-4H3. The molecule has 146 valence electrons. The van der Waals surface area contributed by atoms with Crippen LogP contribution in [0.5, 0.6) is 0 Å². The van der Waals surface area contributed by atoms with Crippen LogP contribution >= 0.6 is 0 Å². The summed E-state index contributed by atoms with van der Waals surface area (Å²) in [7, 11) is 0. The van der Waals surface area contributed by atoms with Crippen molar-refractivity contribution in [2.24, 2.45) is 40.4 Å². The van der Waals surface area contributed by atoms with Crippen molar-refractivity contribution in [2.45, 2.75) is 91.6 Å². The van der Waals surface area contributed by atoms with Crippen molar-refractivity contribution in [2.75, 3.05) is 0 Å². The van der Waals surface area contributed by atoms with E-state index in [1.165, 1.54) is 45.4 Å². The molecule has 0 amide bonds. The quantitative estimate of drug-likeness (QED) is 0.638. The van der Waals surface area contributed by atoms with Crippen molar-refractivity contribution in [1.82, 2.24) is 0 Å². The molecule has 0 aromatic heterocycles. The van der Waals surface area contributed by atoms with Gasteiger partial charge in [-0.05, 0) is 74.5 Å². The van der Waals surface area contributed by atoms with E-state index in [2.05, 4.69) is 13.8 Å². The first-order valence-electron chi connectivity index (χ1n) is 11.0. The summed E-state index contributed by atoms with van der Waals surface area (Å²) in [5.41, 5.74) is 0.103. The minimum absolute atomic E-state index is 0.149. The first kappa shape index (κ1) is 18.5. The van der Waals surface area contributed by atoms with E-state index in [1.807, 2.05) is 6.92 Å². The number of Topliss-reactive ketones (excluding diaryl/α,β-unsaturated/α-hetero) is 1. The van der Waals surface area contributed by atoms with Gasteiger partial charge in [-0.1, -0.05) is 26.7 Å². The Bertz CT molecular complexity index is 598. The molecule has 4 saturated carbocycles. The van der Waals surface area contributed by atoms with Crippen LogP contribution in [0.4, 0.5) is 0 Å². The highest BCUT2D eigenvalue weighted by Crippen LogP contribution is 2.66. The fraction of sp³-hybridized carbons (Fsp3) is 0.913. The van der Waals surface area contributed by atoms with Crippen LogP contribution < -0.4 is 0 Å². The molecule has 0 aromatic rings. The third kappa shape index (κ3) is 2.52. The molecule has 8 atom stereocenters. The lowest BCUT2D eigenvalue weighted by Crippen LogP contribution is -2.57. The summed E-state index contributed by atoms with van der Waals surface area (Å²) in [5, 5.41) is 0. The Morgan fingerprint density at radius 3 is 2.58 bits per heavy atom. The zero-order valence-electron chi connectivity index (χ0n) is 17.1. The van der Waals surface area contributed by atoms with Crippen molar-refractivity contribution >= 4 is 11.8 Å². The lowest BCUT2D eigenvalue weighted by Gasteiger charge is -2.60. The molecule has 4 aliphatic carbocycles. The van der Waals surface area contributed by atoms with E-state index in [-0.39, 0.29) is 23.4 Å². The number of carbonyl (C=O) groups excluding carboxylic acids is 2. The van der Waals surface area contributed by atoms with Gasteiger partial charge in [0.1, 0.15) is 11.9 Å². The van der Waals surface area contributed by atoms with E-state index in [0.717, 1.165) is 25.2 Å². The maximum Gasteiger partial charge on any atom is 0.302 e. The molecule has 8 unspecified atom stereocenters. The minimum atomic E-state index is -0.284. The van der Waals surface area contributed by atoms with Gasteiger partial charge in [0.25, 0.3) is 0 Å². The Hall–Kier alpha value is -0.860. The maximum atomic E-state index is 13.5. The second-order valence-electron chi connectivity index (χ2n) is 10.3.